The molecule has 0 radical (unpaired) electrons. The summed E-state index contributed by atoms with van der Waals surface area (Å²) >= 11 is 0. The molecule has 1 heterocycles. The third-order valence-corrected chi connectivity index (χ3v) is 5.57. The third-order valence-electron chi connectivity index (χ3n) is 5.57. The number of rotatable bonds is 5. The number of hydrogen-bond donors (Lipinski definition) is 1. The van der Waals surface area contributed by atoms with E-state index in [0.717, 1.165) is 24.5 Å². The minimum Gasteiger partial charge on any atom is -0.495 e. The minimum atomic E-state index is -0.352. The lowest BCUT2D eigenvalue weighted by molar-refractivity contribution is -0.134. The van der Waals surface area contributed by atoms with Gasteiger partial charge in [-0.3, -0.25) is 9.59 Å². The molecular formula is C22H24FN3O3. The highest BCUT2D eigenvalue weighted by molar-refractivity contribution is 5.99. The number of anilines is 2. The van der Waals surface area contributed by atoms with E-state index >= 15 is 0 Å². The number of para-hydroxylation sites is 2. The van der Waals surface area contributed by atoms with E-state index in [-0.39, 0.29) is 29.5 Å². The largest absolute Gasteiger partial charge is 0.495 e. The number of carbonyl (C=O) groups excluding carboxylic acids is 2. The Bertz CT molecular complexity index is 894. The monoisotopic (exact) mass is 397 g/mol. The molecule has 0 spiro atoms. The van der Waals surface area contributed by atoms with Crippen molar-refractivity contribution >= 4 is 23.2 Å². The summed E-state index contributed by atoms with van der Waals surface area (Å²) in [4.78, 5) is 29.2. The Labute approximate surface area is 169 Å². The fourth-order valence-corrected chi connectivity index (χ4v) is 3.82. The van der Waals surface area contributed by atoms with Crippen molar-refractivity contribution in [3.8, 4) is 5.75 Å². The van der Waals surface area contributed by atoms with Crippen LogP contribution in [0.2, 0.25) is 0 Å². The standard InChI is InChI=1S/C22H24FN3O3/c1-29-20-5-3-2-4-19(20)25-10-12-26(13-11-25)22(28)18-14-17(18)21(27)24-16-8-6-15(23)7-9-16/h2-9,17-18H,10-14H2,1H3,(H,24,27). The molecule has 1 N–H and O–H groups in total. The van der Waals surface area contributed by atoms with Crippen molar-refractivity contribution in [2.45, 2.75) is 6.42 Å². The van der Waals surface area contributed by atoms with Gasteiger partial charge in [-0.15, -0.1) is 0 Å². The number of piperazine rings is 1. The molecule has 1 aliphatic heterocycles. The predicted molar refractivity (Wildman–Crippen MR) is 108 cm³/mol. The molecule has 2 atom stereocenters. The molecule has 2 aromatic rings. The molecule has 29 heavy (non-hydrogen) atoms. The van der Waals surface area contributed by atoms with Gasteiger partial charge in [-0.05, 0) is 42.8 Å². The van der Waals surface area contributed by atoms with Crippen LogP contribution in [0.25, 0.3) is 0 Å². The van der Waals surface area contributed by atoms with E-state index in [2.05, 4.69) is 10.2 Å². The fourth-order valence-electron chi connectivity index (χ4n) is 3.82. The second-order valence-corrected chi connectivity index (χ2v) is 7.43. The maximum atomic E-state index is 13.0. The van der Waals surface area contributed by atoms with E-state index in [0.29, 0.717) is 25.2 Å². The Morgan fingerprint density at radius 2 is 1.69 bits per heavy atom. The van der Waals surface area contributed by atoms with Crippen molar-refractivity contribution in [3.63, 3.8) is 0 Å². The van der Waals surface area contributed by atoms with Crippen molar-refractivity contribution in [3.05, 3.63) is 54.3 Å². The van der Waals surface area contributed by atoms with Crippen LogP contribution in [0.3, 0.4) is 0 Å². The highest BCUT2D eigenvalue weighted by Gasteiger charge is 2.49. The van der Waals surface area contributed by atoms with E-state index in [9.17, 15) is 14.0 Å². The third kappa shape index (κ3) is 4.18. The van der Waals surface area contributed by atoms with Crippen LogP contribution in [0.4, 0.5) is 15.8 Å². The van der Waals surface area contributed by atoms with E-state index in [1.54, 1.807) is 7.11 Å². The topological polar surface area (TPSA) is 61.9 Å². The van der Waals surface area contributed by atoms with E-state index in [1.807, 2.05) is 29.2 Å². The van der Waals surface area contributed by atoms with Gasteiger partial charge in [0.2, 0.25) is 11.8 Å². The molecule has 2 unspecified atom stereocenters. The molecule has 1 saturated carbocycles. The quantitative estimate of drug-likeness (QED) is 0.843. The van der Waals surface area contributed by atoms with Crippen LogP contribution >= 0.6 is 0 Å². The normalized spacial score (nSPS) is 20.9. The van der Waals surface area contributed by atoms with Gasteiger partial charge in [0.05, 0.1) is 24.6 Å². The molecule has 6 nitrogen and oxygen atoms in total. The summed E-state index contributed by atoms with van der Waals surface area (Å²) in [6, 6.07) is 13.5. The summed E-state index contributed by atoms with van der Waals surface area (Å²) in [6.07, 6.45) is 0.568. The average Bonchev–Trinajstić information content (AvgIpc) is 3.56. The van der Waals surface area contributed by atoms with Gasteiger partial charge < -0.3 is 19.9 Å². The second kappa shape index (κ2) is 8.11. The van der Waals surface area contributed by atoms with E-state index in [4.69, 9.17) is 4.74 Å². The zero-order chi connectivity index (χ0) is 20.4. The summed E-state index contributed by atoms with van der Waals surface area (Å²) in [5.74, 6) is -0.221. The summed E-state index contributed by atoms with van der Waals surface area (Å²) in [7, 11) is 1.66. The Hall–Kier alpha value is -3.09. The van der Waals surface area contributed by atoms with Gasteiger partial charge in [-0.25, -0.2) is 4.39 Å². The molecule has 152 valence electrons. The van der Waals surface area contributed by atoms with Crippen LogP contribution in [-0.4, -0.2) is 50.0 Å². The zero-order valence-corrected chi connectivity index (χ0v) is 16.3. The van der Waals surface area contributed by atoms with Gasteiger partial charge in [0, 0.05) is 31.9 Å². The highest BCUT2D eigenvalue weighted by Crippen LogP contribution is 2.41. The lowest BCUT2D eigenvalue weighted by Crippen LogP contribution is -2.49. The molecule has 4 rings (SSSR count). The second-order valence-electron chi connectivity index (χ2n) is 7.43. The number of hydrogen-bond acceptors (Lipinski definition) is 4. The van der Waals surface area contributed by atoms with Gasteiger partial charge in [0.15, 0.2) is 0 Å². The first-order chi connectivity index (χ1) is 14.1. The number of carbonyl (C=O) groups is 2. The molecular weight excluding hydrogens is 373 g/mol. The first-order valence-corrected chi connectivity index (χ1v) is 9.80. The van der Waals surface area contributed by atoms with Gasteiger partial charge in [-0.1, -0.05) is 12.1 Å². The smallest absolute Gasteiger partial charge is 0.228 e. The maximum Gasteiger partial charge on any atom is 0.228 e. The van der Waals surface area contributed by atoms with E-state index in [1.165, 1.54) is 24.3 Å². The molecule has 0 aromatic heterocycles. The van der Waals surface area contributed by atoms with Crippen LogP contribution in [0.15, 0.2) is 48.5 Å². The number of nitrogens with one attached hydrogen (secondary N) is 1. The summed E-state index contributed by atoms with van der Waals surface area (Å²) < 4.78 is 18.4. The Balaban J connectivity index is 1.29. The number of benzene rings is 2. The summed E-state index contributed by atoms with van der Waals surface area (Å²) in [5.41, 5.74) is 1.57. The summed E-state index contributed by atoms with van der Waals surface area (Å²) in [5, 5.41) is 2.76. The molecule has 2 fully saturated rings. The van der Waals surface area contributed by atoms with Gasteiger partial charge >= 0.3 is 0 Å². The van der Waals surface area contributed by atoms with Crippen LogP contribution < -0.4 is 15.0 Å². The lowest BCUT2D eigenvalue weighted by atomic mass is 10.2. The van der Waals surface area contributed by atoms with Gasteiger partial charge in [-0.2, -0.15) is 0 Å². The first kappa shape index (κ1) is 19.2. The highest BCUT2D eigenvalue weighted by atomic mass is 19.1. The predicted octanol–water partition coefficient (Wildman–Crippen LogP) is 2.76. The molecule has 7 heteroatoms. The summed E-state index contributed by atoms with van der Waals surface area (Å²) in [6.45, 7) is 2.70. The molecule has 2 aromatic carbocycles. The number of halogens is 1. The molecule has 2 amide bonds. The molecule has 0 bridgehead atoms. The Morgan fingerprint density at radius 3 is 2.38 bits per heavy atom. The van der Waals surface area contributed by atoms with Crippen molar-refractivity contribution in [1.82, 2.24) is 4.90 Å². The number of nitrogens with zero attached hydrogens (tertiary/aromatic N) is 2. The fraction of sp³-hybridized carbons (Fsp3) is 0.364. The molecule has 1 aliphatic carbocycles. The minimum absolute atomic E-state index is 0.0453. The van der Waals surface area contributed by atoms with Crippen LogP contribution in [-0.2, 0) is 9.59 Å². The van der Waals surface area contributed by atoms with Crippen molar-refractivity contribution in [2.75, 3.05) is 43.5 Å². The van der Waals surface area contributed by atoms with Gasteiger partial charge in [0.1, 0.15) is 11.6 Å². The average molecular weight is 397 g/mol. The van der Waals surface area contributed by atoms with Crippen LogP contribution in [0, 0.1) is 17.7 Å². The van der Waals surface area contributed by atoms with Crippen LogP contribution in [0.5, 0.6) is 5.75 Å². The number of ether oxygens (including phenoxy) is 1. The lowest BCUT2D eigenvalue weighted by Gasteiger charge is -2.36. The molecule has 1 saturated heterocycles. The number of amides is 2. The van der Waals surface area contributed by atoms with Crippen LogP contribution in [0.1, 0.15) is 6.42 Å². The SMILES string of the molecule is COc1ccccc1N1CCN(C(=O)C2CC2C(=O)Nc2ccc(F)cc2)CC1. The zero-order valence-electron chi connectivity index (χ0n) is 16.3. The van der Waals surface area contributed by atoms with Gasteiger partial charge in [0.25, 0.3) is 0 Å². The molecule has 2 aliphatic rings. The van der Waals surface area contributed by atoms with Crippen molar-refractivity contribution in [1.29, 1.82) is 0 Å². The van der Waals surface area contributed by atoms with Crippen molar-refractivity contribution < 1.29 is 18.7 Å². The Morgan fingerprint density at radius 1 is 1.00 bits per heavy atom. The number of methoxy groups -OCH3 is 1. The Kier molecular flexibility index (Phi) is 5.38. The van der Waals surface area contributed by atoms with Crippen molar-refractivity contribution in [2.24, 2.45) is 11.8 Å². The van der Waals surface area contributed by atoms with E-state index < -0.39 is 0 Å². The maximum absolute atomic E-state index is 13.0. The first-order valence-electron chi connectivity index (χ1n) is 9.80.